The second-order valence-electron chi connectivity index (χ2n) is 12.4. The normalized spacial score (nSPS) is 12.8. The van der Waals surface area contributed by atoms with Gasteiger partial charge in [-0.1, -0.05) is 146 Å². The summed E-state index contributed by atoms with van der Waals surface area (Å²) in [7, 11) is 0. The average molecular weight is 615 g/mol. The molecule has 0 bridgehead atoms. The first kappa shape index (κ1) is 41.9. The van der Waals surface area contributed by atoms with Gasteiger partial charge in [0.05, 0.1) is 0 Å². The number of carboxylic acid groups (broad SMARTS) is 1. The zero-order valence-corrected chi connectivity index (χ0v) is 29.0. The van der Waals surface area contributed by atoms with Crippen LogP contribution in [0, 0.1) is 0 Å². The number of rotatable bonds is 33. The molecule has 1 N–H and O–H groups in total. The highest BCUT2D eigenvalue weighted by Gasteiger charge is 2.14. The Morgan fingerprint density at radius 2 is 0.909 bits per heavy atom. The van der Waals surface area contributed by atoms with Crippen LogP contribution in [0.5, 0.6) is 0 Å². The van der Waals surface area contributed by atoms with Gasteiger partial charge in [-0.25, -0.2) is 0 Å². The highest BCUT2D eigenvalue weighted by atomic mass is 16.5. The van der Waals surface area contributed by atoms with E-state index < -0.39 is 5.97 Å². The van der Waals surface area contributed by atoms with Crippen LogP contribution in [0.3, 0.4) is 0 Å². The Labute approximate surface area is 272 Å². The SMILES string of the molecule is CCCCC/C=C\C/C=C\C/C=C\C/C=C\CCCC(=O)OC(CCCCCC)CCCCCCCCCCCCC(=O)O. The molecule has 254 valence electrons. The predicted octanol–water partition coefficient (Wildman–Crippen LogP) is 12.8. The molecule has 0 radical (unpaired) electrons. The maximum Gasteiger partial charge on any atom is 0.306 e. The molecule has 0 amide bonds. The van der Waals surface area contributed by atoms with Gasteiger partial charge in [0.15, 0.2) is 0 Å². The van der Waals surface area contributed by atoms with Crippen molar-refractivity contribution in [2.24, 2.45) is 0 Å². The number of ether oxygens (including phenoxy) is 1. The van der Waals surface area contributed by atoms with Gasteiger partial charge in [0.25, 0.3) is 0 Å². The van der Waals surface area contributed by atoms with Gasteiger partial charge in [0.2, 0.25) is 0 Å². The maximum atomic E-state index is 12.5. The fourth-order valence-corrected chi connectivity index (χ4v) is 5.29. The smallest absolute Gasteiger partial charge is 0.306 e. The van der Waals surface area contributed by atoms with Crippen molar-refractivity contribution in [1.82, 2.24) is 0 Å². The van der Waals surface area contributed by atoms with E-state index in [9.17, 15) is 9.59 Å². The van der Waals surface area contributed by atoms with Crippen molar-refractivity contribution in [3.63, 3.8) is 0 Å². The van der Waals surface area contributed by atoms with Crippen molar-refractivity contribution >= 4 is 11.9 Å². The standard InChI is InChI=1S/C40H70O4/c1-3-5-7-9-10-11-12-13-14-15-16-17-18-23-26-29-33-37-40(43)44-38(34-30-8-6-4-2)35-31-27-24-21-19-20-22-25-28-32-36-39(41)42/h10-11,13-14,16-17,23,26,38H,3-9,12,15,18-22,24-25,27-37H2,1-2H3,(H,41,42)/b11-10-,14-13-,17-16-,26-23-. The van der Waals surface area contributed by atoms with Crippen molar-refractivity contribution in [3.05, 3.63) is 48.6 Å². The summed E-state index contributed by atoms with van der Waals surface area (Å²) in [6.45, 7) is 4.48. The topological polar surface area (TPSA) is 63.6 Å². The summed E-state index contributed by atoms with van der Waals surface area (Å²) in [5, 5.41) is 8.69. The number of unbranched alkanes of at least 4 members (excludes halogenated alkanes) is 16. The molecule has 4 nitrogen and oxygen atoms in total. The Bertz CT molecular complexity index is 748. The van der Waals surface area contributed by atoms with Crippen molar-refractivity contribution in [2.75, 3.05) is 0 Å². The average Bonchev–Trinajstić information content (AvgIpc) is 3.01. The van der Waals surface area contributed by atoms with E-state index in [-0.39, 0.29) is 12.1 Å². The van der Waals surface area contributed by atoms with Crippen molar-refractivity contribution in [1.29, 1.82) is 0 Å². The summed E-state index contributed by atoms with van der Waals surface area (Å²) in [6.07, 6.45) is 47.2. The van der Waals surface area contributed by atoms with Crippen molar-refractivity contribution < 1.29 is 19.4 Å². The fraction of sp³-hybridized carbons (Fsp3) is 0.750. The Morgan fingerprint density at radius 3 is 1.41 bits per heavy atom. The number of hydrogen-bond acceptors (Lipinski definition) is 3. The van der Waals surface area contributed by atoms with Crippen LogP contribution in [0.4, 0.5) is 0 Å². The highest BCUT2D eigenvalue weighted by Crippen LogP contribution is 2.18. The predicted molar refractivity (Wildman–Crippen MR) is 190 cm³/mol. The zero-order valence-electron chi connectivity index (χ0n) is 29.0. The van der Waals surface area contributed by atoms with E-state index in [0.29, 0.717) is 12.8 Å². The minimum atomic E-state index is -0.679. The number of aliphatic carboxylic acids is 1. The van der Waals surface area contributed by atoms with E-state index in [1.807, 2.05) is 0 Å². The molecule has 0 aliphatic rings. The van der Waals surface area contributed by atoms with Gasteiger partial charge in [-0.3, -0.25) is 9.59 Å². The van der Waals surface area contributed by atoms with Gasteiger partial charge in [0, 0.05) is 12.8 Å². The van der Waals surface area contributed by atoms with Crippen molar-refractivity contribution in [3.8, 4) is 0 Å². The molecule has 0 aromatic carbocycles. The molecule has 1 atom stereocenters. The van der Waals surface area contributed by atoms with E-state index >= 15 is 0 Å². The summed E-state index contributed by atoms with van der Waals surface area (Å²) in [6, 6.07) is 0. The third kappa shape index (κ3) is 34.4. The molecule has 0 saturated heterocycles. The minimum absolute atomic E-state index is 0.0234. The molecular weight excluding hydrogens is 544 g/mol. The quantitative estimate of drug-likeness (QED) is 0.0454. The molecule has 0 saturated carbocycles. The van der Waals surface area contributed by atoms with Gasteiger partial charge in [-0.15, -0.1) is 0 Å². The highest BCUT2D eigenvalue weighted by molar-refractivity contribution is 5.69. The number of allylic oxidation sites excluding steroid dienone is 8. The zero-order chi connectivity index (χ0) is 32.2. The van der Waals surface area contributed by atoms with Crippen LogP contribution < -0.4 is 0 Å². The van der Waals surface area contributed by atoms with E-state index in [0.717, 1.165) is 77.0 Å². The Kier molecular flexibility index (Phi) is 33.7. The maximum absolute atomic E-state index is 12.5. The summed E-state index contributed by atoms with van der Waals surface area (Å²) in [4.78, 5) is 23.1. The third-order valence-corrected chi connectivity index (χ3v) is 8.05. The van der Waals surface area contributed by atoms with Crippen LogP contribution in [0.1, 0.15) is 187 Å². The first-order chi connectivity index (χ1) is 21.6. The fourth-order valence-electron chi connectivity index (χ4n) is 5.29. The molecule has 4 heteroatoms. The number of carboxylic acids is 1. The first-order valence-electron chi connectivity index (χ1n) is 18.6. The largest absolute Gasteiger partial charge is 0.481 e. The number of hydrogen-bond donors (Lipinski definition) is 1. The lowest BCUT2D eigenvalue weighted by Crippen LogP contribution is -2.18. The molecule has 44 heavy (non-hydrogen) atoms. The number of carbonyl (C=O) groups excluding carboxylic acids is 1. The van der Waals surface area contributed by atoms with Crippen molar-refractivity contribution in [2.45, 2.75) is 193 Å². The Morgan fingerprint density at radius 1 is 0.500 bits per heavy atom. The summed E-state index contributed by atoms with van der Waals surface area (Å²) in [5.74, 6) is -0.703. The molecule has 0 fully saturated rings. The van der Waals surface area contributed by atoms with Crippen LogP contribution in [-0.4, -0.2) is 23.1 Å². The summed E-state index contributed by atoms with van der Waals surface area (Å²) < 4.78 is 5.94. The molecular formula is C40H70O4. The first-order valence-corrected chi connectivity index (χ1v) is 18.6. The van der Waals surface area contributed by atoms with Gasteiger partial charge in [-0.2, -0.15) is 0 Å². The van der Waals surface area contributed by atoms with E-state index in [2.05, 4.69) is 62.5 Å². The van der Waals surface area contributed by atoms with E-state index in [1.165, 1.54) is 83.5 Å². The lowest BCUT2D eigenvalue weighted by molar-refractivity contribution is -0.150. The third-order valence-electron chi connectivity index (χ3n) is 8.05. The van der Waals surface area contributed by atoms with Crippen LogP contribution in [0.25, 0.3) is 0 Å². The molecule has 0 spiro atoms. The summed E-state index contributed by atoms with van der Waals surface area (Å²) in [5.41, 5.74) is 0. The van der Waals surface area contributed by atoms with Crippen LogP contribution >= 0.6 is 0 Å². The second-order valence-corrected chi connectivity index (χ2v) is 12.4. The van der Waals surface area contributed by atoms with Crippen LogP contribution in [0.2, 0.25) is 0 Å². The minimum Gasteiger partial charge on any atom is -0.481 e. The van der Waals surface area contributed by atoms with E-state index in [1.54, 1.807) is 0 Å². The van der Waals surface area contributed by atoms with Gasteiger partial charge in [-0.05, 0) is 77.0 Å². The van der Waals surface area contributed by atoms with Crippen LogP contribution in [-0.2, 0) is 14.3 Å². The van der Waals surface area contributed by atoms with E-state index in [4.69, 9.17) is 9.84 Å². The summed E-state index contributed by atoms with van der Waals surface area (Å²) >= 11 is 0. The Hall–Kier alpha value is -2.10. The molecule has 0 aromatic heterocycles. The molecule has 0 heterocycles. The second kappa shape index (κ2) is 35.4. The molecule has 0 aliphatic carbocycles. The van der Waals surface area contributed by atoms with Crippen LogP contribution in [0.15, 0.2) is 48.6 Å². The lowest BCUT2D eigenvalue weighted by atomic mass is 10.0. The molecule has 0 aliphatic heterocycles. The monoisotopic (exact) mass is 615 g/mol. The van der Waals surface area contributed by atoms with Gasteiger partial charge in [0.1, 0.15) is 6.10 Å². The lowest BCUT2D eigenvalue weighted by Gasteiger charge is -2.18. The number of esters is 1. The molecule has 1 unspecified atom stereocenters. The molecule has 0 aromatic rings. The van der Waals surface area contributed by atoms with Gasteiger partial charge < -0.3 is 9.84 Å². The van der Waals surface area contributed by atoms with Gasteiger partial charge >= 0.3 is 11.9 Å². The Balaban J connectivity index is 3.96. The molecule has 0 rings (SSSR count). The number of carbonyl (C=O) groups is 2.